The summed E-state index contributed by atoms with van der Waals surface area (Å²) in [6, 6.07) is 14.1. The molecular formula is C28H21Cl2N5O4. The van der Waals surface area contributed by atoms with Gasteiger partial charge in [0.1, 0.15) is 12.4 Å². The van der Waals surface area contributed by atoms with E-state index in [2.05, 4.69) is 15.6 Å². The molecule has 1 aliphatic heterocycles. The summed E-state index contributed by atoms with van der Waals surface area (Å²) in [5.74, 6) is 0.0485. The van der Waals surface area contributed by atoms with E-state index in [1.165, 1.54) is 13.2 Å². The maximum atomic E-state index is 13.0. The van der Waals surface area contributed by atoms with E-state index < -0.39 is 22.6 Å². The first-order chi connectivity index (χ1) is 18.7. The molecule has 11 heteroatoms. The molecule has 2 N–H and O–H groups in total. The van der Waals surface area contributed by atoms with E-state index in [1.807, 2.05) is 24.3 Å². The molecule has 1 spiro atoms. The van der Waals surface area contributed by atoms with E-state index in [0.29, 0.717) is 29.9 Å². The van der Waals surface area contributed by atoms with Gasteiger partial charge in [0, 0.05) is 36.3 Å². The van der Waals surface area contributed by atoms with Crippen LogP contribution in [0.25, 0.3) is 11.1 Å². The number of benzene rings is 2. The first-order valence-electron chi connectivity index (χ1n) is 12.1. The van der Waals surface area contributed by atoms with Crippen LogP contribution in [0.3, 0.4) is 0 Å². The Morgan fingerprint density at radius 2 is 1.85 bits per heavy atom. The van der Waals surface area contributed by atoms with Crippen LogP contribution in [0, 0.1) is 0 Å². The second-order valence-corrected chi connectivity index (χ2v) is 10.5. The van der Waals surface area contributed by atoms with Gasteiger partial charge in [-0.3, -0.25) is 23.5 Å². The highest BCUT2D eigenvalue weighted by Gasteiger charge is 2.51. The highest BCUT2D eigenvalue weighted by Crippen LogP contribution is 2.46. The Morgan fingerprint density at radius 3 is 2.67 bits per heavy atom. The minimum atomic E-state index is -0.714. The topological polar surface area (TPSA) is 115 Å². The fraction of sp³-hybridized carbons (Fsp3) is 0.179. The smallest absolute Gasteiger partial charge is 0.325 e. The minimum absolute atomic E-state index is 0.0809. The molecule has 0 fully saturated rings. The van der Waals surface area contributed by atoms with Gasteiger partial charge < -0.3 is 10.6 Å². The van der Waals surface area contributed by atoms with Gasteiger partial charge in [-0.2, -0.15) is 0 Å². The number of hydrogen-bond acceptors (Lipinski definition) is 5. The van der Waals surface area contributed by atoms with Crippen LogP contribution in [0.15, 0.2) is 70.5 Å². The third kappa shape index (κ3) is 4.05. The third-order valence-electron chi connectivity index (χ3n) is 7.37. The van der Waals surface area contributed by atoms with Gasteiger partial charge in [0.05, 0.1) is 21.0 Å². The number of nitrogens with zero attached hydrogens (tertiary/aromatic N) is 3. The Bertz CT molecular complexity index is 1830. The quantitative estimate of drug-likeness (QED) is 0.395. The lowest BCUT2D eigenvalue weighted by atomic mass is 9.79. The van der Waals surface area contributed by atoms with Crippen molar-refractivity contribution in [2.75, 3.05) is 10.6 Å². The van der Waals surface area contributed by atoms with Crippen LogP contribution in [-0.4, -0.2) is 25.9 Å². The number of hydrogen-bond donors (Lipinski definition) is 2. The van der Waals surface area contributed by atoms with Crippen LogP contribution in [0.2, 0.25) is 10.0 Å². The molecule has 0 radical (unpaired) electrons. The highest BCUT2D eigenvalue weighted by molar-refractivity contribution is 6.43. The molecular weight excluding hydrogens is 541 g/mol. The van der Waals surface area contributed by atoms with Crippen LogP contribution >= 0.6 is 23.2 Å². The molecule has 39 heavy (non-hydrogen) atoms. The zero-order valence-corrected chi connectivity index (χ0v) is 22.1. The lowest BCUT2D eigenvalue weighted by Crippen LogP contribution is -2.40. The van der Waals surface area contributed by atoms with Crippen molar-refractivity contribution in [3.8, 4) is 11.1 Å². The Labute approximate surface area is 232 Å². The molecule has 0 saturated carbocycles. The number of halogens is 2. The number of carbonyl (C=O) groups excluding carboxylic acids is 2. The van der Waals surface area contributed by atoms with Crippen molar-refractivity contribution in [2.24, 2.45) is 7.05 Å². The Hall–Kier alpha value is -4.21. The predicted octanol–water partition coefficient (Wildman–Crippen LogP) is 3.54. The summed E-state index contributed by atoms with van der Waals surface area (Å²) in [6.07, 6.45) is 4.00. The van der Waals surface area contributed by atoms with Gasteiger partial charge in [0.25, 0.3) is 5.56 Å². The molecule has 6 rings (SSSR count). The first-order valence-corrected chi connectivity index (χ1v) is 12.9. The van der Waals surface area contributed by atoms with Crippen LogP contribution in [0.5, 0.6) is 0 Å². The van der Waals surface area contributed by atoms with Gasteiger partial charge in [-0.1, -0.05) is 47.5 Å². The summed E-state index contributed by atoms with van der Waals surface area (Å²) >= 11 is 12.4. The Morgan fingerprint density at radius 1 is 1.05 bits per heavy atom. The maximum absolute atomic E-state index is 13.0. The van der Waals surface area contributed by atoms with Crippen molar-refractivity contribution >= 4 is 46.5 Å². The van der Waals surface area contributed by atoms with Crippen molar-refractivity contribution in [2.45, 2.75) is 24.8 Å². The van der Waals surface area contributed by atoms with Gasteiger partial charge in [-0.15, -0.1) is 0 Å². The summed E-state index contributed by atoms with van der Waals surface area (Å²) in [5.41, 5.74) is 1.99. The summed E-state index contributed by atoms with van der Waals surface area (Å²) < 4.78 is 2.08. The Balaban J connectivity index is 1.25. The number of pyridine rings is 1. The molecule has 196 valence electrons. The van der Waals surface area contributed by atoms with Gasteiger partial charge in [0.15, 0.2) is 0 Å². The van der Waals surface area contributed by atoms with Crippen LogP contribution in [0.4, 0.5) is 11.5 Å². The van der Waals surface area contributed by atoms with Crippen molar-refractivity contribution in [1.82, 2.24) is 14.1 Å². The zero-order valence-electron chi connectivity index (χ0n) is 20.6. The molecule has 0 bridgehead atoms. The van der Waals surface area contributed by atoms with Gasteiger partial charge in [-0.25, -0.2) is 9.78 Å². The molecule has 3 heterocycles. The molecule has 2 aliphatic rings. The molecule has 2 amide bonds. The van der Waals surface area contributed by atoms with Crippen molar-refractivity contribution < 1.29 is 9.59 Å². The standard InChI is InChI=1S/C28H21Cl2N5O4/c1-34-25(37)19(18-4-2-6-21(29)23(18)30)13-35(27(34)39)14-22(36)32-17-8-7-15-11-28(12-16(15)10-17)20-5-3-9-31-24(20)33-26(28)38/h2-10,13H,11-12,14H2,1H3,(H,32,36)(H,31,33,38)/t28-/m1/s1. The van der Waals surface area contributed by atoms with Gasteiger partial charge in [0.2, 0.25) is 11.8 Å². The number of anilines is 2. The van der Waals surface area contributed by atoms with E-state index in [1.54, 1.807) is 30.5 Å². The molecule has 2 aromatic carbocycles. The summed E-state index contributed by atoms with van der Waals surface area (Å²) in [5, 5.41) is 6.15. The number of aromatic nitrogens is 3. The molecule has 0 unspecified atom stereocenters. The first kappa shape index (κ1) is 25.1. The number of carbonyl (C=O) groups is 2. The van der Waals surface area contributed by atoms with E-state index >= 15 is 0 Å². The zero-order chi connectivity index (χ0) is 27.5. The minimum Gasteiger partial charge on any atom is -0.325 e. The second-order valence-electron chi connectivity index (χ2n) is 9.74. The van der Waals surface area contributed by atoms with Crippen molar-refractivity contribution in [1.29, 1.82) is 0 Å². The van der Waals surface area contributed by atoms with Gasteiger partial charge in [-0.05, 0) is 48.2 Å². The molecule has 9 nitrogen and oxygen atoms in total. The van der Waals surface area contributed by atoms with E-state index in [0.717, 1.165) is 25.8 Å². The normalized spacial score (nSPS) is 17.2. The fourth-order valence-electron chi connectivity index (χ4n) is 5.44. The van der Waals surface area contributed by atoms with Crippen molar-refractivity contribution in [3.63, 3.8) is 0 Å². The third-order valence-corrected chi connectivity index (χ3v) is 8.19. The molecule has 1 aliphatic carbocycles. The summed E-state index contributed by atoms with van der Waals surface area (Å²) in [7, 11) is 1.34. The summed E-state index contributed by atoms with van der Waals surface area (Å²) in [4.78, 5) is 55.8. The number of nitrogens with one attached hydrogen (secondary N) is 2. The number of rotatable bonds is 4. The molecule has 2 aromatic heterocycles. The van der Waals surface area contributed by atoms with Crippen molar-refractivity contribution in [3.05, 3.63) is 108 Å². The molecule has 1 atom stereocenters. The van der Waals surface area contributed by atoms with E-state index in [4.69, 9.17) is 23.2 Å². The molecule has 0 saturated heterocycles. The highest BCUT2D eigenvalue weighted by atomic mass is 35.5. The maximum Gasteiger partial charge on any atom is 0.331 e. The molecule has 4 aromatic rings. The van der Waals surface area contributed by atoms with Crippen LogP contribution in [-0.2, 0) is 41.4 Å². The lowest BCUT2D eigenvalue weighted by molar-refractivity contribution is -0.120. The van der Waals surface area contributed by atoms with E-state index in [-0.39, 0.29) is 28.1 Å². The average Bonchev–Trinajstić information content (AvgIpc) is 3.43. The average molecular weight is 562 g/mol. The monoisotopic (exact) mass is 561 g/mol. The van der Waals surface area contributed by atoms with Crippen LogP contribution < -0.4 is 21.9 Å². The largest absolute Gasteiger partial charge is 0.331 e. The second kappa shape index (κ2) is 9.21. The van der Waals surface area contributed by atoms with Gasteiger partial charge >= 0.3 is 5.69 Å². The number of fused-ring (bicyclic) bond motifs is 3. The fourth-order valence-corrected chi connectivity index (χ4v) is 5.84. The SMILES string of the molecule is Cn1c(=O)c(-c2cccc(Cl)c2Cl)cn(CC(=O)Nc2ccc3c(c2)C[C@@]2(C3)C(=O)Nc3ncccc32)c1=O. The number of amides is 2. The lowest BCUT2D eigenvalue weighted by Gasteiger charge is -2.20. The van der Waals surface area contributed by atoms with Crippen LogP contribution in [0.1, 0.15) is 16.7 Å². The summed E-state index contributed by atoms with van der Waals surface area (Å²) in [6.45, 7) is -0.333. The Kier molecular flexibility index (Phi) is 5.93. The predicted molar refractivity (Wildman–Crippen MR) is 148 cm³/mol. The van der Waals surface area contributed by atoms with E-state index in [9.17, 15) is 19.2 Å².